The molecule has 2 aliphatic rings. The Balaban J connectivity index is 1.56. The van der Waals surface area contributed by atoms with E-state index in [-0.39, 0.29) is 56.5 Å². The number of benzene rings is 5. The van der Waals surface area contributed by atoms with E-state index in [1.54, 1.807) is 18.2 Å². The molecule has 0 saturated carbocycles. The summed E-state index contributed by atoms with van der Waals surface area (Å²) in [5, 5.41) is 40.9. The molecule has 5 aromatic rings. The highest BCUT2D eigenvalue weighted by molar-refractivity contribution is 7.86. The molecule has 1 unspecified atom stereocenters. The van der Waals surface area contributed by atoms with E-state index < -0.39 is 42.4 Å². The Kier molecular flexibility index (Phi) is 8.35. The third-order valence-electron chi connectivity index (χ3n) is 8.07. The van der Waals surface area contributed by atoms with E-state index in [1.165, 1.54) is 54.6 Å². The first-order valence-corrected chi connectivity index (χ1v) is 16.9. The lowest BCUT2D eigenvalue weighted by atomic mass is 10.1. The number of fused-ring (bicyclic) bond motifs is 6. The van der Waals surface area contributed by atoms with Crippen molar-refractivity contribution >= 4 is 60.7 Å². The SMILES string of the molecule is CCN(CC)c1ccc2c(c1)OC1(Oc3cc([N+](=O)[O-])ccc3N=N2)Oc2cc([N+](=O)[O-])ccc2N=Nc2ccc3c(S(=O)(=O)O)cccc3c2O1. The van der Waals surface area contributed by atoms with Crippen molar-refractivity contribution in [2.24, 2.45) is 20.5 Å². The highest BCUT2D eigenvalue weighted by Gasteiger charge is 2.48. The van der Waals surface area contributed by atoms with Crippen molar-refractivity contribution in [2.45, 2.75) is 24.9 Å². The van der Waals surface area contributed by atoms with Gasteiger partial charge in [-0.1, -0.05) is 18.2 Å². The molecule has 0 saturated heterocycles. The number of hydrogen-bond acceptors (Lipinski definition) is 15. The first-order valence-electron chi connectivity index (χ1n) is 15.5. The van der Waals surface area contributed by atoms with Crippen molar-refractivity contribution in [1.29, 1.82) is 0 Å². The van der Waals surface area contributed by atoms with Crippen LogP contribution in [0.5, 0.6) is 23.0 Å². The summed E-state index contributed by atoms with van der Waals surface area (Å²) >= 11 is 0. The first-order chi connectivity index (χ1) is 24.9. The molecule has 0 aliphatic carbocycles. The van der Waals surface area contributed by atoms with Gasteiger partial charge in [0.2, 0.25) is 0 Å². The second-order valence-electron chi connectivity index (χ2n) is 11.2. The Labute approximate surface area is 293 Å². The van der Waals surface area contributed by atoms with Gasteiger partial charge in [0.05, 0.1) is 22.0 Å². The molecule has 52 heavy (non-hydrogen) atoms. The van der Waals surface area contributed by atoms with Crippen LogP contribution < -0.4 is 23.8 Å². The van der Waals surface area contributed by atoms with Crippen LogP contribution in [0, 0.1) is 20.2 Å². The van der Waals surface area contributed by atoms with Crippen molar-refractivity contribution in [3.05, 3.63) is 105 Å². The zero-order valence-corrected chi connectivity index (χ0v) is 27.9. The zero-order chi connectivity index (χ0) is 36.8. The predicted octanol–water partition coefficient (Wildman–Crippen LogP) is 8.43. The molecule has 1 N–H and O–H groups in total. The Hall–Kier alpha value is -6.73. The monoisotopic (exact) mass is 727 g/mol. The molecule has 1 spiro atoms. The van der Waals surface area contributed by atoms with Crippen LogP contribution in [0.15, 0.2) is 110 Å². The number of non-ortho nitro benzene ring substituents is 2. The van der Waals surface area contributed by atoms with Gasteiger partial charge in [0.15, 0.2) is 23.0 Å². The highest BCUT2D eigenvalue weighted by atomic mass is 32.2. The maximum absolute atomic E-state index is 12.4. The molecule has 0 amide bonds. The van der Waals surface area contributed by atoms with Gasteiger partial charge in [0.1, 0.15) is 27.6 Å². The summed E-state index contributed by atoms with van der Waals surface area (Å²) in [7, 11) is -4.76. The van der Waals surface area contributed by atoms with Gasteiger partial charge in [-0.25, -0.2) is 0 Å². The van der Waals surface area contributed by atoms with Crippen LogP contribution in [-0.2, 0) is 10.1 Å². The summed E-state index contributed by atoms with van der Waals surface area (Å²) in [5.74, 6) is -0.919. The smallest absolute Gasteiger partial charge is 0.384 e. The van der Waals surface area contributed by atoms with Crippen LogP contribution in [0.2, 0.25) is 0 Å². The van der Waals surface area contributed by atoms with Crippen molar-refractivity contribution in [2.75, 3.05) is 18.0 Å². The van der Waals surface area contributed by atoms with Crippen molar-refractivity contribution in [3.63, 3.8) is 0 Å². The van der Waals surface area contributed by atoms with Crippen molar-refractivity contribution < 1.29 is 41.8 Å². The van der Waals surface area contributed by atoms with Gasteiger partial charge in [0.25, 0.3) is 21.5 Å². The number of azo groups is 2. The fourth-order valence-corrected chi connectivity index (χ4v) is 6.29. The van der Waals surface area contributed by atoms with Crippen LogP contribution in [-0.4, -0.2) is 42.1 Å². The predicted molar refractivity (Wildman–Crippen MR) is 184 cm³/mol. The molecule has 2 aliphatic heterocycles. The van der Waals surface area contributed by atoms with E-state index in [1.807, 2.05) is 18.7 Å². The van der Waals surface area contributed by atoms with E-state index >= 15 is 0 Å². The Morgan fingerprint density at radius 3 is 1.69 bits per heavy atom. The van der Waals surface area contributed by atoms with E-state index in [2.05, 4.69) is 20.5 Å². The first kappa shape index (κ1) is 33.8. The number of nitro benzene ring substituents is 2. The van der Waals surface area contributed by atoms with Gasteiger partial charge >= 0.3 is 6.16 Å². The molecule has 0 radical (unpaired) electrons. The van der Waals surface area contributed by atoms with Crippen LogP contribution in [0.4, 0.5) is 39.8 Å². The molecule has 5 aromatic carbocycles. The molecule has 7 rings (SSSR count). The van der Waals surface area contributed by atoms with Gasteiger partial charge in [-0.05, 0) is 50.2 Å². The molecule has 19 heteroatoms. The Morgan fingerprint density at radius 1 is 0.673 bits per heavy atom. The second kappa shape index (κ2) is 12.9. The van der Waals surface area contributed by atoms with Gasteiger partial charge in [-0.2, -0.15) is 8.42 Å². The molecule has 2 heterocycles. The van der Waals surface area contributed by atoms with Gasteiger partial charge in [-0.3, -0.25) is 24.8 Å². The fourth-order valence-electron chi connectivity index (χ4n) is 5.58. The van der Waals surface area contributed by atoms with Crippen LogP contribution in [0.3, 0.4) is 0 Å². The molecule has 0 bridgehead atoms. The summed E-state index contributed by atoms with van der Waals surface area (Å²) in [6, 6.07) is 18.6. The minimum absolute atomic E-state index is 0.00479. The number of nitro groups is 2. The second-order valence-corrected chi connectivity index (χ2v) is 12.6. The largest absolute Gasteiger partial charge is 0.611 e. The number of ether oxygens (including phenoxy) is 4. The average molecular weight is 728 g/mol. The number of anilines is 1. The van der Waals surface area contributed by atoms with E-state index in [9.17, 15) is 33.2 Å². The third-order valence-corrected chi connectivity index (χ3v) is 8.98. The van der Waals surface area contributed by atoms with Crippen LogP contribution in [0.1, 0.15) is 13.8 Å². The standard InChI is InChI=1S/C33H25N7O11S/c1-3-38(4-2)19-8-12-24-28(16-19)48-33(49-29-17-20(39(41)42)9-13-25(29)35-34-24)50-30-18-21(40(43)44)10-14-26(30)36-37-27-15-11-22-23(32(27)51-33)6-5-7-31(22)52(45,46)47/h5-18H,3-4H2,1-2H3,(H,45,46,47). The summed E-state index contributed by atoms with van der Waals surface area (Å²) < 4.78 is 60.5. The summed E-state index contributed by atoms with van der Waals surface area (Å²) in [5.41, 5.74) is -0.124. The van der Waals surface area contributed by atoms with Gasteiger partial charge in [-0.15, -0.1) is 20.5 Å². The average Bonchev–Trinajstić information content (AvgIpc) is 3.21. The number of rotatable bonds is 6. The molecule has 18 nitrogen and oxygen atoms in total. The van der Waals surface area contributed by atoms with Gasteiger partial charge in [0, 0.05) is 47.7 Å². The lowest BCUT2D eigenvalue weighted by Gasteiger charge is -2.33. The van der Waals surface area contributed by atoms with E-state index in [4.69, 9.17) is 18.9 Å². The lowest BCUT2D eigenvalue weighted by molar-refractivity contribution is -0.386. The van der Waals surface area contributed by atoms with Crippen molar-refractivity contribution in [3.8, 4) is 23.0 Å². The quantitative estimate of drug-likeness (QED) is 0.0986. The minimum atomic E-state index is -4.76. The topological polar surface area (TPSA) is 230 Å². The van der Waals surface area contributed by atoms with Gasteiger partial charge < -0.3 is 23.8 Å². The molecule has 0 fully saturated rings. The maximum Gasteiger partial charge on any atom is 0.611 e. The van der Waals surface area contributed by atoms with E-state index in [0.29, 0.717) is 18.8 Å². The normalized spacial score (nSPS) is 16.0. The molecular weight excluding hydrogens is 702 g/mol. The summed E-state index contributed by atoms with van der Waals surface area (Å²) in [6.07, 6.45) is -2.90. The van der Waals surface area contributed by atoms with Crippen LogP contribution in [0.25, 0.3) is 10.8 Å². The molecular formula is C33H25N7O11S. The van der Waals surface area contributed by atoms with Crippen LogP contribution >= 0.6 is 0 Å². The number of nitrogens with zero attached hydrogens (tertiary/aromatic N) is 7. The molecule has 264 valence electrons. The minimum Gasteiger partial charge on any atom is -0.384 e. The van der Waals surface area contributed by atoms with Crippen molar-refractivity contribution in [1.82, 2.24) is 0 Å². The fraction of sp³-hybridized carbons (Fsp3) is 0.152. The summed E-state index contributed by atoms with van der Waals surface area (Å²) in [4.78, 5) is 24.0. The highest BCUT2D eigenvalue weighted by Crippen LogP contribution is 2.48. The Morgan fingerprint density at radius 2 is 1.17 bits per heavy atom. The van der Waals surface area contributed by atoms with E-state index in [0.717, 1.165) is 12.1 Å². The summed E-state index contributed by atoms with van der Waals surface area (Å²) in [6.45, 7) is 5.11. The molecule has 0 aromatic heterocycles. The number of hydrogen-bond donors (Lipinski definition) is 1. The lowest BCUT2D eigenvalue weighted by Crippen LogP contribution is -2.53. The molecule has 1 atom stereocenters. The zero-order valence-electron chi connectivity index (χ0n) is 27.1. The third kappa shape index (κ3) is 6.24. The maximum atomic E-state index is 12.4. The Bertz CT molecular complexity index is 2470.